The molecule has 0 bridgehead atoms. The quantitative estimate of drug-likeness (QED) is 0.787. The van der Waals surface area contributed by atoms with Crippen molar-refractivity contribution in [2.24, 2.45) is 0 Å². The Balaban J connectivity index is 2.75. The summed E-state index contributed by atoms with van der Waals surface area (Å²) in [6, 6.07) is 2.92. The highest BCUT2D eigenvalue weighted by atomic mass is 32.2. The van der Waals surface area contributed by atoms with Gasteiger partial charge in [-0.25, -0.2) is 8.89 Å². The number of halogens is 6. The molecule has 0 saturated carbocycles. The van der Waals surface area contributed by atoms with Crippen molar-refractivity contribution in [3.8, 4) is 11.8 Å². The number of nitrogens with zero attached hydrogens (tertiary/aromatic N) is 3. The number of aryl methyl sites for hydroxylation is 2. The fourth-order valence-corrected chi connectivity index (χ4v) is 3.18. The van der Waals surface area contributed by atoms with Crippen LogP contribution in [0.15, 0.2) is 17.0 Å². The van der Waals surface area contributed by atoms with Gasteiger partial charge in [0.25, 0.3) is 0 Å². The molecular weight excluding hydrogens is 386 g/mol. The third kappa shape index (κ3) is 3.39. The van der Waals surface area contributed by atoms with Crippen molar-refractivity contribution in [2.45, 2.75) is 30.4 Å². The molecule has 2 N–H and O–H groups in total. The van der Waals surface area contributed by atoms with Gasteiger partial charge >= 0.3 is 11.7 Å². The average Bonchev–Trinajstić information content (AvgIpc) is 2.80. The minimum Gasteiger partial charge on any atom is -0.383 e. The molecule has 0 spiro atoms. The Morgan fingerprint density at radius 3 is 2.04 bits per heavy atom. The Labute approximate surface area is 145 Å². The van der Waals surface area contributed by atoms with E-state index in [-0.39, 0.29) is 16.8 Å². The Morgan fingerprint density at radius 1 is 1.15 bits per heavy atom. The molecule has 2 rings (SSSR count). The van der Waals surface area contributed by atoms with Crippen molar-refractivity contribution in [1.82, 2.24) is 9.78 Å². The molecular formula is C14H10F6N4OS. The van der Waals surface area contributed by atoms with Crippen molar-refractivity contribution in [2.75, 3.05) is 5.73 Å². The smallest absolute Gasteiger partial charge is 0.383 e. The summed E-state index contributed by atoms with van der Waals surface area (Å²) in [5.74, 6) is -0.733. The first-order valence-electron chi connectivity index (χ1n) is 6.75. The topological polar surface area (TPSA) is 84.7 Å². The molecule has 2 aromatic rings. The predicted molar refractivity (Wildman–Crippen MR) is 79.6 cm³/mol. The molecule has 1 heterocycles. The number of nitriles is 1. The van der Waals surface area contributed by atoms with Crippen LogP contribution >= 0.6 is 0 Å². The van der Waals surface area contributed by atoms with Gasteiger partial charge < -0.3 is 5.73 Å². The van der Waals surface area contributed by atoms with Gasteiger partial charge in [-0.05, 0) is 37.1 Å². The monoisotopic (exact) mass is 396 g/mol. The number of nitrogens with two attached hydrogens (primary N) is 1. The van der Waals surface area contributed by atoms with E-state index in [4.69, 9.17) is 11.0 Å². The Bertz CT molecular complexity index is 916. The molecule has 26 heavy (non-hydrogen) atoms. The van der Waals surface area contributed by atoms with Crippen molar-refractivity contribution in [1.29, 1.82) is 5.26 Å². The molecule has 0 saturated heterocycles. The molecule has 12 heteroatoms. The molecule has 0 fully saturated rings. The largest absolute Gasteiger partial charge is 0.476 e. The summed E-state index contributed by atoms with van der Waals surface area (Å²) in [6.45, 7) is 2.57. The molecule has 0 aliphatic carbocycles. The van der Waals surface area contributed by atoms with Gasteiger partial charge in [0.15, 0.2) is 16.5 Å². The van der Waals surface area contributed by atoms with E-state index in [1.165, 1.54) is 19.9 Å². The van der Waals surface area contributed by atoms with E-state index in [1.54, 1.807) is 0 Å². The SMILES string of the molecule is Cc1cc(C(F)(F)F)cc(C)c1-n1nc(C#N)c(S(=O)C(F)(F)F)c1N. The fraction of sp³-hybridized carbons (Fsp3) is 0.286. The highest BCUT2D eigenvalue weighted by Gasteiger charge is 2.42. The molecule has 5 nitrogen and oxygen atoms in total. The lowest BCUT2D eigenvalue weighted by Crippen LogP contribution is -2.18. The lowest BCUT2D eigenvalue weighted by molar-refractivity contribution is -0.137. The molecule has 1 aromatic heterocycles. The summed E-state index contributed by atoms with van der Waals surface area (Å²) in [5.41, 5.74) is -1.36. The zero-order valence-corrected chi connectivity index (χ0v) is 14.0. The fourth-order valence-electron chi connectivity index (χ4n) is 2.41. The number of aromatic nitrogens is 2. The van der Waals surface area contributed by atoms with E-state index < -0.39 is 44.5 Å². The van der Waals surface area contributed by atoms with Gasteiger partial charge in [0.1, 0.15) is 16.8 Å². The maximum Gasteiger partial charge on any atom is 0.476 e. The van der Waals surface area contributed by atoms with Crippen LogP contribution in [0.1, 0.15) is 22.4 Å². The molecule has 0 amide bonds. The first-order chi connectivity index (χ1) is 11.8. The third-order valence-electron chi connectivity index (χ3n) is 3.41. The molecule has 1 unspecified atom stereocenters. The number of nitrogen functional groups attached to an aromatic ring is 1. The lowest BCUT2D eigenvalue weighted by atomic mass is 10.0. The number of hydrogen-bond donors (Lipinski definition) is 1. The van der Waals surface area contributed by atoms with Crippen LogP contribution in [0.2, 0.25) is 0 Å². The average molecular weight is 396 g/mol. The first-order valence-corrected chi connectivity index (χ1v) is 7.90. The minimum absolute atomic E-state index is 0.0142. The first kappa shape index (κ1) is 19.8. The zero-order chi connectivity index (χ0) is 20.0. The summed E-state index contributed by atoms with van der Waals surface area (Å²) >= 11 is 0. The third-order valence-corrected chi connectivity index (χ3v) is 4.60. The highest BCUT2D eigenvalue weighted by molar-refractivity contribution is 7.86. The molecule has 0 aliphatic heterocycles. The highest BCUT2D eigenvalue weighted by Crippen LogP contribution is 2.36. The zero-order valence-electron chi connectivity index (χ0n) is 13.2. The lowest BCUT2D eigenvalue weighted by Gasteiger charge is -2.15. The molecule has 1 atom stereocenters. The van der Waals surface area contributed by atoms with Gasteiger partial charge in [-0.2, -0.15) is 36.7 Å². The second-order valence-electron chi connectivity index (χ2n) is 5.26. The summed E-state index contributed by atoms with van der Waals surface area (Å²) in [7, 11) is -3.62. The van der Waals surface area contributed by atoms with Crippen molar-refractivity contribution in [3.05, 3.63) is 34.5 Å². The van der Waals surface area contributed by atoms with E-state index in [9.17, 15) is 30.6 Å². The van der Waals surface area contributed by atoms with Gasteiger partial charge in [0.05, 0.1) is 11.3 Å². The van der Waals surface area contributed by atoms with Gasteiger partial charge in [0.2, 0.25) is 0 Å². The van der Waals surface area contributed by atoms with Gasteiger partial charge in [-0.15, -0.1) is 0 Å². The van der Waals surface area contributed by atoms with E-state index in [2.05, 4.69) is 5.10 Å². The van der Waals surface area contributed by atoms with Crippen LogP contribution in [-0.2, 0) is 17.0 Å². The van der Waals surface area contributed by atoms with Crippen LogP contribution in [0.5, 0.6) is 0 Å². The summed E-state index contributed by atoms with van der Waals surface area (Å²) in [6.07, 6.45) is -4.62. The maximum atomic E-state index is 12.9. The van der Waals surface area contributed by atoms with E-state index in [0.717, 1.165) is 12.1 Å². The minimum atomic E-state index is -5.18. The Morgan fingerprint density at radius 2 is 1.65 bits per heavy atom. The van der Waals surface area contributed by atoms with Crippen LogP contribution in [0.4, 0.5) is 32.2 Å². The van der Waals surface area contributed by atoms with Crippen LogP contribution in [-0.4, -0.2) is 19.5 Å². The number of benzene rings is 1. The van der Waals surface area contributed by atoms with E-state index in [0.29, 0.717) is 4.68 Å². The van der Waals surface area contributed by atoms with Gasteiger partial charge in [0, 0.05) is 0 Å². The number of anilines is 1. The number of hydrogen-bond acceptors (Lipinski definition) is 4. The number of alkyl halides is 6. The molecule has 0 radical (unpaired) electrons. The molecule has 140 valence electrons. The van der Waals surface area contributed by atoms with Crippen LogP contribution in [0, 0.1) is 25.2 Å². The number of rotatable bonds is 2. The van der Waals surface area contributed by atoms with Crippen molar-refractivity contribution < 1.29 is 30.6 Å². The van der Waals surface area contributed by atoms with Crippen LogP contribution in [0.3, 0.4) is 0 Å². The second kappa shape index (κ2) is 6.31. The van der Waals surface area contributed by atoms with Crippen LogP contribution in [0.25, 0.3) is 5.69 Å². The summed E-state index contributed by atoms with van der Waals surface area (Å²) in [5, 5.41) is 12.6. The van der Waals surface area contributed by atoms with Crippen molar-refractivity contribution >= 4 is 16.6 Å². The molecule has 0 aliphatic rings. The maximum absolute atomic E-state index is 12.9. The normalized spacial score (nSPS) is 13.5. The predicted octanol–water partition coefficient (Wildman–Crippen LogP) is 3.59. The van der Waals surface area contributed by atoms with Crippen LogP contribution < -0.4 is 5.73 Å². The van der Waals surface area contributed by atoms with E-state index >= 15 is 0 Å². The Kier molecular flexibility index (Phi) is 4.80. The van der Waals surface area contributed by atoms with E-state index in [1.807, 2.05) is 0 Å². The van der Waals surface area contributed by atoms with Gasteiger partial charge in [-0.1, -0.05) is 0 Å². The summed E-state index contributed by atoms with van der Waals surface area (Å²) in [4.78, 5) is -1.03. The van der Waals surface area contributed by atoms with Gasteiger partial charge in [-0.3, -0.25) is 0 Å². The Hall–Kier alpha value is -2.55. The van der Waals surface area contributed by atoms with Crippen molar-refractivity contribution in [3.63, 3.8) is 0 Å². The molecule has 1 aromatic carbocycles. The summed E-state index contributed by atoms with van der Waals surface area (Å²) < 4.78 is 89.2. The second-order valence-corrected chi connectivity index (χ2v) is 6.67. The standard InChI is InChI=1S/C14H10F6N4OS/c1-6-3-8(13(15,16)17)4-7(2)10(6)24-12(22)11(9(5-21)23-24)26(25)14(18,19)20/h3-4H,22H2,1-2H3.